The fraction of sp³-hybridized carbons (Fsp3) is 0.360. The summed E-state index contributed by atoms with van der Waals surface area (Å²) in [7, 11) is 3.32. The van der Waals surface area contributed by atoms with Crippen molar-refractivity contribution < 1.29 is 18.9 Å². The van der Waals surface area contributed by atoms with Crippen LogP contribution < -0.4 is 18.9 Å². The number of hydrogen-bond acceptors (Lipinski definition) is 4. The molecule has 2 aromatic rings. The van der Waals surface area contributed by atoms with Gasteiger partial charge >= 0.3 is 0 Å². The third-order valence-electron chi connectivity index (χ3n) is 4.29. The Bertz CT molecular complexity index is 833. The highest BCUT2D eigenvalue weighted by molar-refractivity contribution is 5.72. The standard InChI is InChI=1S/C25H32O4/c1-6-7-13-29-24-11-10-20(17-25(24)27-5)8-9-21-15-22(26-4)18-23(16-21)28-14-12-19(2)3/h8-12,15-18H,6-7,13-14H2,1-5H3/b9-8+. The Balaban J connectivity index is 2.16. The van der Waals surface area contributed by atoms with Crippen LogP contribution in [0.3, 0.4) is 0 Å². The summed E-state index contributed by atoms with van der Waals surface area (Å²) in [6, 6.07) is 11.8. The van der Waals surface area contributed by atoms with Crippen molar-refractivity contribution >= 4 is 12.2 Å². The molecule has 4 heteroatoms. The van der Waals surface area contributed by atoms with Gasteiger partial charge in [0.1, 0.15) is 18.1 Å². The largest absolute Gasteiger partial charge is 0.497 e. The predicted octanol–water partition coefficient (Wildman–Crippen LogP) is 6.40. The van der Waals surface area contributed by atoms with E-state index in [4.69, 9.17) is 18.9 Å². The van der Waals surface area contributed by atoms with Crippen molar-refractivity contribution in [2.45, 2.75) is 33.6 Å². The van der Waals surface area contributed by atoms with Crippen LogP contribution in [-0.4, -0.2) is 27.4 Å². The van der Waals surface area contributed by atoms with Crippen LogP contribution in [0.4, 0.5) is 0 Å². The molecule has 156 valence electrons. The van der Waals surface area contributed by atoms with E-state index in [0.29, 0.717) is 13.2 Å². The van der Waals surface area contributed by atoms with Gasteiger partial charge in [-0.05, 0) is 61.7 Å². The van der Waals surface area contributed by atoms with Crippen LogP contribution in [0.2, 0.25) is 0 Å². The zero-order chi connectivity index (χ0) is 21.1. The molecule has 0 atom stereocenters. The molecule has 0 radical (unpaired) electrons. The second kappa shape index (κ2) is 11.8. The highest BCUT2D eigenvalue weighted by Crippen LogP contribution is 2.30. The Morgan fingerprint density at radius 2 is 1.59 bits per heavy atom. The minimum absolute atomic E-state index is 0.537. The summed E-state index contributed by atoms with van der Waals surface area (Å²) in [6.07, 6.45) is 8.24. The summed E-state index contributed by atoms with van der Waals surface area (Å²) in [5.41, 5.74) is 3.25. The summed E-state index contributed by atoms with van der Waals surface area (Å²) >= 11 is 0. The molecule has 0 unspecified atom stereocenters. The molecule has 2 rings (SSSR count). The van der Waals surface area contributed by atoms with E-state index in [1.807, 2.05) is 54.6 Å². The molecule has 4 nitrogen and oxygen atoms in total. The average Bonchev–Trinajstić information content (AvgIpc) is 2.72. The molecule has 0 bridgehead atoms. The zero-order valence-corrected chi connectivity index (χ0v) is 18.2. The molecule has 0 aromatic heterocycles. The number of allylic oxidation sites excluding steroid dienone is 1. The molecule has 0 N–H and O–H groups in total. The van der Waals surface area contributed by atoms with Crippen molar-refractivity contribution in [2.75, 3.05) is 27.4 Å². The molecule has 0 spiro atoms. The topological polar surface area (TPSA) is 36.9 Å². The first-order valence-electron chi connectivity index (χ1n) is 10.00. The maximum absolute atomic E-state index is 5.82. The lowest BCUT2D eigenvalue weighted by Gasteiger charge is -2.11. The van der Waals surface area contributed by atoms with Crippen LogP contribution >= 0.6 is 0 Å². The minimum atomic E-state index is 0.537. The van der Waals surface area contributed by atoms with Gasteiger partial charge in [0, 0.05) is 6.07 Å². The van der Waals surface area contributed by atoms with E-state index < -0.39 is 0 Å². The van der Waals surface area contributed by atoms with Gasteiger partial charge in [-0.1, -0.05) is 37.1 Å². The van der Waals surface area contributed by atoms with E-state index in [-0.39, 0.29) is 0 Å². The summed E-state index contributed by atoms with van der Waals surface area (Å²) in [6.45, 7) is 7.48. The van der Waals surface area contributed by atoms with Gasteiger partial charge in [-0.2, -0.15) is 0 Å². The second-order valence-electron chi connectivity index (χ2n) is 6.98. The second-order valence-corrected chi connectivity index (χ2v) is 6.98. The lowest BCUT2D eigenvalue weighted by molar-refractivity contribution is 0.288. The summed E-state index contributed by atoms with van der Waals surface area (Å²) in [4.78, 5) is 0. The summed E-state index contributed by atoms with van der Waals surface area (Å²) in [5, 5.41) is 0. The molecule has 0 aliphatic rings. The van der Waals surface area contributed by atoms with Crippen molar-refractivity contribution in [3.8, 4) is 23.0 Å². The molecule has 0 aliphatic heterocycles. The van der Waals surface area contributed by atoms with Crippen LogP contribution in [0.1, 0.15) is 44.7 Å². The maximum Gasteiger partial charge on any atom is 0.161 e. The summed E-state index contributed by atoms with van der Waals surface area (Å²) in [5.74, 6) is 3.05. The van der Waals surface area contributed by atoms with E-state index in [1.165, 1.54) is 5.57 Å². The van der Waals surface area contributed by atoms with Crippen LogP contribution in [0.5, 0.6) is 23.0 Å². The highest BCUT2D eigenvalue weighted by Gasteiger charge is 2.05. The monoisotopic (exact) mass is 396 g/mol. The first-order valence-corrected chi connectivity index (χ1v) is 10.00. The first kappa shape index (κ1) is 22.4. The fourth-order valence-electron chi connectivity index (χ4n) is 2.62. The number of rotatable bonds is 11. The smallest absolute Gasteiger partial charge is 0.161 e. The number of methoxy groups -OCH3 is 2. The molecule has 0 saturated carbocycles. The predicted molar refractivity (Wildman–Crippen MR) is 120 cm³/mol. The Morgan fingerprint density at radius 1 is 0.828 bits per heavy atom. The lowest BCUT2D eigenvalue weighted by atomic mass is 10.1. The Hall–Kier alpha value is -2.88. The Kier molecular flexibility index (Phi) is 9.16. The van der Waals surface area contributed by atoms with E-state index in [1.54, 1.807) is 14.2 Å². The van der Waals surface area contributed by atoms with Crippen molar-refractivity contribution in [3.63, 3.8) is 0 Å². The number of benzene rings is 2. The van der Waals surface area contributed by atoms with Crippen LogP contribution in [0.25, 0.3) is 12.2 Å². The number of hydrogen-bond donors (Lipinski definition) is 0. The van der Waals surface area contributed by atoms with Gasteiger partial charge in [-0.3, -0.25) is 0 Å². The molecule has 0 aliphatic carbocycles. The first-order chi connectivity index (χ1) is 14.0. The Morgan fingerprint density at radius 3 is 2.28 bits per heavy atom. The third kappa shape index (κ3) is 7.57. The van der Waals surface area contributed by atoms with E-state index in [2.05, 4.69) is 20.8 Å². The molecule has 0 saturated heterocycles. The third-order valence-corrected chi connectivity index (χ3v) is 4.29. The van der Waals surface area contributed by atoms with Crippen molar-refractivity contribution in [1.29, 1.82) is 0 Å². The van der Waals surface area contributed by atoms with Crippen molar-refractivity contribution in [3.05, 3.63) is 59.2 Å². The highest BCUT2D eigenvalue weighted by atomic mass is 16.5. The molecular formula is C25H32O4. The van der Waals surface area contributed by atoms with Crippen molar-refractivity contribution in [1.82, 2.24) is 0 Å². The van der Waals surface area contributed by atoms with Gasteiger partial charge in [0.15, 0.2) is 11.5 Å². The van der Waals surface area contributed by atoms with Crippen LogP contribution in [0.15, 0.2) is 48.0 Å². The van der Waals surface area contributed by atoms with Crippen LogP contribution in [-0.2, 0) is 0 Å². The van der Waals surface area contributed by atoms with E-state index in [0.717, 1.165) is 47.0 Å². The molecular weight excluding hydrogens is 364 g/mol. The van der Waals surface area contributed by atoms with Gasteiger partial charge < -0.3 is 18.9 Å². The molecule has 29 heavy (non-hydrogen) atoms. The van der Waals surface area contributed by atoms with Gasteiger partial charge in [0.25, 0.3) is 0 Å². The minimum Gasteiger partial charge on any atom is -0.497 e. The van der Waals surface area contributed by atoms with Crippen LogP contribution in [0, 0.1) is 0 Å². The van der Waals surface area contributed by atoms with E-state index in [9.17, 15) is 0 Å². The van der Waals surface area contributed by atoms with Gasteiger partial charge in [-0.25, -0.2) is 0 Å². The van der Waals surface area contributed by atoms with Gasteiger partial charge in [-0.15, -0.1) is 0 Å². The zero-order valence-electron chi connectivity index (χ0n) is 18.2. The number of ether oxygens (including phenoxy) is 4. The number of unbranched alkanes of at least 4 members (excludes halogenated alkanes) is 1. The fourth-order valence-corrected chi connectivity index (χ4v) is 2.62. The molecule has 0 amide bonds. The lowest BCUT2D eigenvalue weighted by Crippen LogP contribution is -1.98. The molecule has 0 fully saturated rings. The van der Waals surface area contributed by atoms with Gasteiger partial charge in [0.2, 0.25) is 0 Å². The average molecular weight is 397 g/mol. The molecule has 0 heterocycles. The Labute approximate surface area is 174 Å². The summed E-state index contributed by atoms with van der Waals surface area (Å²) < 4.78 is 22.5. The quantitative estimate of drug-likeness (QED) is 0.250. The maximum atomic E-state index is 5.82. The van der Waals surface area contributed by atoms with Gasteiger partial charge in [0.05, 0.1) is 20.8 Å². The molecule has 2 aromatic carbocycles. The normalized spacial score (nSPS) is 10.7. The van der Waals surface area contributed by atoms with Crippen molar-refractivity contribution in [2.24, 2.45) is 0 Å². The SMILES string of the molecule is CCCCOc1ccc(/C=C/c2cc(OC)cc(OCC=C(C)C)c2)cc1OC. The van der Waals surface area contributed by atoms with E-state index >= 15 is 0 Å².